The molecule has 0 bridgehead atoms. The van der Waals surface area contributed by atoms with Crippen LogP contribution in [0.2, 0.25) is 5.02 Å². The first-order valence-electron chi connectivity index (χ1n) is 4.66. The van der Waals surface area contributed by atoms with Gasteiger partial charge in [-0.2, -0.15) is 0 Å². The molecule has 0 aromatic heterocycles. The summed E-state index contributed by atoms with van der Waals surface area (Å²) in [5.74, 6) is -0.332. The summed E-state index contributed by atoms with van der Waals surface area (Å²) < 4.78 is 24.1. The summed E-state index contributed by atoms with van der Waals surface area (Å²) in [6.07, 6.45) is -1.04. The van der Waals surface area contributed by atoms with Crippen molar-refractivity contribution in [2.75, 3.05) is 19.8 Å². The molecule has 0 spiro atoms. The van der Waals surface area contributed by atoms with Crippen molar-refractivity contribution >= 4 is 21.6 Å². The van der Waals surface area contributed by atoms with Crippen molar-refractivity contribution in [2.45, 2.75) is 6.10 Å². The molecule has 1 aromatic carbocycles. The first kappa shape index (κ1) is 13.4. The molecule has 0 saturated heterocycles. The van der Waals surface area contributed by atoms with Crippen LogP contribution in [-0.2, 0) is 10.0 Å². The van der Waals surface area contributed by atoms with Crippen LogP contribution in [0.5, 0.6) is 0 Å². The van der Waals surface area contributed by atoms with Crippen molar-refractivity contribution < 1.29 is 13.5 Å². The molecule has 0 fully saturated rings. The van der Waals surface area contributed by atoms with Crippen molar-refractivity contribution in [2.24, 2.45) is 0 Å². The molecule has 1 atom stereocenters. The summed E-state index contributed by atoms with van der Waals surface area (Å²) in [7, 11) is -0.536. The monoisotopic (exact) mass is 263 g/mol. The average molecular weight is 264 g/mol. The van der Waals surface area contributed by atoms with E-state index in [0.29, 0.717) is 10.6 Å². The second-order valence-electron chi connectivity index (χ2n) is 3.63. The zero-order valence-corrected chi connectivity index (χ0v) is 10.7. The molecule has 1 aromatic rings. The maximum absolute atomic E-state index is 11.5. The second-order valence-corrected chi connectivity index (χ2v) is 6.29. The maximum Gasteiger partial charge on any atom is 0.216 e. The van der Waals surface area contributed by atoms with Crippen LogP contribution in [0.4, 0.5) is 0 Å². The predicted octanol–water partition coefficient (Wildman–Crippen LogP) is 1.26. The molecule has 0 aliphatic carbocycles. The summed E-state index contributed by atoms with van der Waals surface area (Å²) in [4.78, 5) is 0. The minimum absolute atomic E-state index is 0.332. The molecule has 90 valence electrons. The molecule has 6 heteroatoms. The number of nitrogens with zero attached hydrogens (tertiary/aromatic N) is 1. The third-order valence-electron chi connectivity index (χ3n) is 2.18. The lowest BCUT2D eigenvalue weighted by Gasteiger charge is -2.15. The van der Waals surface area contributed by atoms with E-state index in [0.717, 1.165) is 4.31 Å². The number of aliphatic hydroxyl groups is 1. The Morgan fingerprint density at radius 1 is 1.31 bits per heavy atom. The van der Waals surface area contributed by atoms with Crippen LogP contribution >= 0.6 is 11.6 Å². The predicted molar refractivity (Wildman–Crippen MR) is 63.9 cm³/mol. The van der Waals surface area contributed by atoms with Crippen LogP contribution in [0.1, 0.15) is 11.7 Å². The van der Waals surface area contributed by atoms with Crippen molar-refractivity contribution in [1.82, 2.24) is 4.31 Å². The van der Waals surface area contributed by atoms with Crippen LogP contribution in [0.3, 0.4) is 0 Å². The van der Waals surface area contributed by atoms with Gasteiger partial charge in [-0.25, -0.2) is 12.7 Å². The van der Waals surface area contributed by atoms with Gasteiger partial charge in [-0.1, -0.05) is 23.7 Å². The van der Waals surface area contributed by atoms with Gasteiger partial charge >= 0.3 is 0 Å². The highest BCUT2D eigenvalue weighted by Gasteiger charge is 2.20. The fourth-order valence-electron chi connectivity index (χ4n) is 1.13. The minimum atomic E-state index is -3.41. The SMILES string of the molecule is CN(C)S(=O)(=O)CC(O)c1ccc(Cl)cc1. The Hall–Kier alpha value is -0.620. The molecule has 0 amide bonds. The number of benzene rings is 1. The van der Waals surface area contributed by atoms with Gasteiger partial charge in [0.05, 0.1) is 11.9 Å². The minimum Gasteiger partial charge on any atom is -0.387 e. The van der Waals surface area contributed by atoms with Gasteiger partial charge in [0, 0.05) is 19.1 Å². The molecule has 1 rings (SSSR count). The Kier molecular flexibility index (Phi) is 4.32. The van der Waals surface area contributed by atoms with Crippen molar-refractivity contribution in [3.63, 3.8) is 0 Å². The zero-order chi connectivity index (χ0) is 12.3. The van der Waals surface area contributed by atoms with Gasteiger partial charge in [0.2, 0.25) is 10.0 Å². The van der Waals surface area contributed by atoms with Gasteiger partial charge in [0.15, 0.2) is 0 Å². The molecule has 0 saturated carbocycles. The first-order chi connectivity index (χ1) is 7.33. The summed E-state index contributed by atoms with van der Waals surface area (Å²) in [5, 5.41) is 10.3. The van der Waals surface area contributed by atoms with Crippen LogP contribution < -0.4 is 0 Å². The standard InChI is InChI=1S/C10H14ClNO3S/c1-12(2)16(14,15)7-10(13)8-3-5-9(11)6-4-8/h3-6,10,13H,7H2,1-2H3. The largest absolute Gasteiger partial charge is 0.387 e. The van der Waals surface area contributed by atoms with Gasteiger partial charge in [0.25, 0.3) is 0 Å². The third kappa shape index (κ3) is 3.45. The highest BCUT2D eigenvalue weighted by atomic mass is 35.5. The molecule has 0 aliphatic rings. The van der Waals surface area contributed by atoms with E-state index >= 15 is 0 Å². The summed E-state index contributed by atoms with van der Waals surface area (Å²) in [6, 6.07) is 6.45. The molecule has 0 aliphatic heterocycles. The Bertz CT molecular complexity index is 442. The molecule has 16 heavy (non-hydrogen) atoms. The quantitative estimate of drug-likeness (QED) is 0.890. The normalized spacial score (nSPS) is 14.1. The van der Waals surface area contributed by atoms with E-state index in [-0.39, 0.29) is 5.75 Å². The highest BCUT2D eigenvalue weighted by Crippen LogP contribution is 2.18. The van der Waals surface area contributed by atoms with Crippen LogP contribution in [0.25, 0.3) is 0 Å². The molecule has 1 unspecified atom stereocenters. The van der Waals surface area contributed by atoms with Gasteiger partial charge < -0.3 is 5.11 Å². The smallest absolute Gasteiger partial charge is 0.216 e. The first-order valence-corrected chi connectivity index (χ1v) is 6.65. The lowest BCUT2D eigenvalue weighted by molar-refractivity contribution is 0.200. The van der Waals surface area contributed by atoms with Crippen molar-refractivity contribution in [3.8, 4) is 0 Å². The Morgan fingerprint density at radius 2 is 1.81 bits per heavy atom. The average Bonchev–Trinajstić information content (AvgIpc) is 2.17. The third-order valence-corrected chi connectivity index (χ3v) is 4.28. The molecule has 1 N–H and O–H groups in total. The van der Waals surface area contributed by atoms with E-state index in [9.17, 15) is 13.5 Å². The van der Waals surface area contributed by atoms with Crippen LogP contribution in [0.15, 0.2) is 24.3 Å². The number of hydrogen-bond acceptors (Lipinski definition) is 3. The fourth-order valence-corrected chi connectivity index (χ4v) is 2.15. The number of halogens is 1. The maximum atomic E-state index is 11.5. The summed E-state index contributed by atoms with van der Waals surface area (Å²) >= 11 is 5.69. The van der Waals surface area contributed by atoms with E-state index in [2.05, 4.69) is 0 Å². The Labute approximate surface area is 101 Å². The Morgan fingerprint density at radius 3 is 2.25 bits per heavy atom. The number of aliphatic hydroxyl groups excluding tert-OH is 1. The van der Waals surface area contributed by atoms with Gasteiger partial charge in [-0.05, 0) is 17.7 Å². The van der Waals surface area contributed by atoms with Gasteiger partial charge in [0.1, 0.15) is 0 Å². The van der Waals surface area contributed by atoms with Crippen molar-refractivity contribution in [1.29, 1.82) is 0 Å². The van der Waals surface area contributed by atoms with E-state index in [4.69, 9.17) is 11.6 Å². The second kappa shape index (κ2) is 5.14. The number of rotatable bonds is 4. The lowest BCUT2D eigenvalue weighted by Crippen LogP contribution is -2.28. The molecule has 0 heterocycles. The zero-order valence-electron chi connectivity index (χ0n) is 9.09. The summed E-state index contributed by atoms with van der Waals surface area (Å²) in [6.45, 7) is 0. The van der Waals surface area contributed by atoms with Gasteiger partial charge in [-0.3, -0.25) is 0 Å². The Balaban J connectivity index is 2.81. The highest BCUT2D eigenvalue weighted by molar-refractivity contribution is 7.89. The van der Waals surface area contributed by atoms with Gasteiger partial charge in [-0.15, -0.1) is 0 Å². The molecular weight excluding hydrogens is 250 g/mol. The van der Waals surface area contributed by atoms with Crippen molar-refractivity contribution in [3.05, 3.63) is 34.9 Å². The van der Waals surface area contributed by atoms with Crippen LogP contribution in [0, 0.1) is 0 Å². The lowest BCUT2D eigenvalue weighted by atomic mass is 10.1. The van der Waals surface area contributed by atoms with E-state index in [1.165, 1.54) is 14.1 Å². The molecule has 4 nitrogen and oxygen atoms in total. The van der Waals surface area contributed by atoms with E-state index in [1.54, 1.807) is 24.3 Å². The molecular formula is C10H14ClNO3S. The van der Waals surface area contributed by atoms with E-state index < -0.39 is 16.1 Å². The number of sulfonamides is 1. The topological polar surface area (TPSA) is 57.6 Å². The van der Waals surface area contributed by atoms with E-state index in [1.807, 2.05) is 0 Å². The summed E-state index contributed by atoms with van der Waals surface area (Å²) in [5.41, 5.74) is 0.537. The fraction of sp³-hybridized carbons (Fsp3) is 0.400. The van der Waals surface area contributed by atoms with Crippen LogP contribution in [-0.4, -0.2) is 37.7 Å². The number of hydrogen-bond donors (Lipinski definition) is 1. The molecule has 0 radical (unpaired) electrons.